The standard InChI is InChI=1S/C16H27NO/c1-5-12-17-16(13(6-2)7-3)14-8-10-15(18-4)11-9-14/h8-11,13,16-17H,5-7,12H2,1-4H3. The summed E-state index contributed by atoms with van der Waals surface area (Å²) < 4.78 is 5.22. The summed E-state index contributed by atoms with van der Waals surface area (Å²) in [5.74, 6) is 1.63. The first-order chi connectivity index (χ1) is 8.76. The fourth-order valence-corrected chi connectivity index (χ4v) is 2.43. The van der Waals surface area contributed by atoms with Gasteiger partial charge in [0.05, 0.1) is 7.11 Å². The highest BCUT2D eigenvalue weighted by atomic mass is 16.5. The molecule has 1 N–H and O–H groups in total. The first kappa shape index (κ1) is 15.0. The Labute approximate surface area is 112 Å². The number of rotatable bonds is 8. The molecule has 2 nitrogen and oxygen atoms in total. The third kappa shape index (κ3) is 4.02. The van der Waals surface area contributed by atoms with Crippen LogP contribution in [0.1, 0.15) is 51.6 Å². The lowest BCUT2D eigenvalue weighted by Gasteiger charge is -2.27. The minimum absolute atomic E-state index is 0.464. The Bertz CT molecular complexity index is 316. The van der Waals surface area contributed by atoms with Crippen LogP contribution in [0.4, 0.5) is 0 Å². The van der Waals surface area contributed by atoms with Crippen LogP contribution < -0.4 is 10.1 Å². The van der Waals surface area contributed by atoms with Gasteiger partial charge in [-0.15, -0.1) is 0 Å². The molecule has 2 heteroatoms. The van der Waals surface area contributed by atoms with Crippen molar-refractivity contribution >= 4 is 0 Å². The highest BCUT2D eigenvalue weighted by Crippen LogP contribution is 2.28. The molecule has 0 aliphatic carbocycles. The monoisotopic (exact) mass is 249 g/mol. The van der Waals surface area contributed by atoms with Gasteiger partial charge in [0.1, 0.15) is 5.75 Å². The van der Waals surface area contributed by atoms with E-state index >= 15 is 0 Å². The number of benzene rings is 1. The van der Waals surface area contributed by atoms with Crippen molar-refractivity contribution in [2.24, 2.45) is 5.92 Å². The second-order valence-electron chi connectivity index (χ2n) is 4.78. The van der Waals surface area contributed by atoms with Gasteiger partial charge in [0.25, 0.3) is 0 Å². The molecule has 18 heavy (non-hydrogen) atoms. The van der Waals surface area contributed by atoms with Crippen molar-refractivity contribution in [3.05, 3.63) is 29.8 Å². The van der Waals surface area contributed by atoms with E-state index < -0.39 is 0 Å². The maximum Gasteiger partial charge on any atom is 0.118 e. The minimum atomic E-state index is 0.464. The summed E-state index contributed by atoms with van der Waals surface area (Å²) in [5, 5.41) is 3.68. The SMILES string of the molecule is CCCNC(c1ccc(OC)cc1)C(CC)CC. The Morgan fingerprint density at radius 3 is 2.11 bits per heavy atom. The second-order valence-corrected chi connectivity index (χ2v) is 4.78. The van der Waals surface area contributed by atoms with Gasteiger partial charge >= 0.3 is 0 Å². The van der Waals surface area contributed by atoms with Gasteiger partial charge in [0.15, 0.2) is 0 Å². The van der Waals surface area contributed by atoms with E-state index in [0.29, 0.717) is 12.0 Å². The van der Waals surface area contributed by atoms with E-state index in [0.717, 1.165) is 12.3 Å². The molecule has 0 aliphatic rings. The third-order valence-corrected chi connectivity index (χ3v) is 3.61. The smallest absolute Gasteiger partial charge is 0.118 e. The molecule has 0 saturated heterocycles. The van der Waals surface area contributed by atoms with E-state index in [2.05, 4.69) is 50.4 Å². The molecular formula is C16H27NO. The first-order valence-electron chi connectivity index (χ1n) is 7.14. The highest BCUT2D eigenvalue weighted by Gasteiger charge is 2.19. The molecule has 1 unspecified atom stereocenters. The van der Waals surface area contributed by atoms with E-state index in [9.17, 15) is 0 Å². The van der Waals surface area contributed by atoms with E-state index in [1.807, 2.05) is 0 Å². The first-order valence-corrected chi connectivity index (χ1v) is 7.14. The lowest BCUT2D eigenvalue weighted by atomic mass is 9.88. The normalized spacial score (nSPS) is 12.7. The molecule has 1 aromatic carbocycles. The van der Waals surface area contributed by atoms with Crippen LogP contribution in [-0.4, -0.2) is 13.7 Å². The number of methoxy groups -OCH3 is 1. The van der Waals surface area contributed by atoms with E-state index in [1.54, 1.807) is 7.11 Å². The Hall–Kier alpha value is -1.02. The lowest BCUT2D eigenvalue weighted by Crippen LogP contribution is -2.28. The average Bonchev–Trinajstić information content (AvgIpc) is 2.43. The molecular weight excluding hydrogens is 222 g/mol. The van der Waals surface area contributed by atoms with Gasteiger partial charge in [-0.2, -0.15) is 0 Å². The summed E-state index contributed by atoms with van der Waals surface area (Å²) in [4.78, 5) is 0. The summed E-state index contributed by atoms with van der Waals surface area (Å²) in [6.45, 7) is 7.84. The van der Waals surface area contributed by atoms with Gasteiger partial charge in [-0.05, 0) is 36.6 Å². The molecule has 1 atom stereocenters. The molecule has 0 aliphatic heterocycles. The Balaban J connectivity index is 2.85. The quantitative estimate of drug-likeness (QED) is 0.746. The summed E-state index contributed by atoms with van der Waals surface area (Å²) in [6.07, 6.45) is 3.60. The highest BCUT2D eigenvalue weighted by molar-refractivity contribution is 5.29. The van der Waals surface area contributed by atoms with Crippen LogP contribution in [0, 0.1) is 5.92 Å². The van der Waals surface area contributed by atoms with Crippen molar-refractivity contribution in [2.75, 3.05) is 13.7 Å². The van der Waals surface area contributed by atoms with Gasteiger partial charge in [0, 0.05) is 6.04 Å². The van der Waals surface area contributed by atoms with Crippen LogP contribution in [0.2, 0.25) is 0 Å². The zero-order chi connectivity index (χ0) is 13.4. The van der Waals surface area contributed by atoms with Crippen LogP contribution in [0.3, 0.4) is 0 Å². The van der Waals surface area contributed by atoms with Crippen molar-refractivity contribution in [1.82, 2.24) is 5.32 Å². The van der Waals surface area contributed by atoms with Crippen molar-refractivity contribution in [1.29, 1.82) is 0 Å². The van der Waals surface area contributed by atoms with Crippen LogP contribution in [0.15, 0.2) is 24.3 Å². The molecule has 0 spiro atoms. The van der Waals surface area contributed by atoms with Crippen LogP contribution in [0.5, 0.6) is 5.75 Å². The molecule has 102 valence electrons. The predicted molar refractivity (Wildman–Crippen MR) is 78.1 cm³/mol. The molecule has 0 heterocycles. The van der Waals surface area contributed by atoms with Crippen molar-refractivity contribution < 1.29 is 4.74 Å². The average molecular weight is 249 g/mol. The minimum Gasteiger partial charge on any atom is -0.497 e. The van der Waals surface area contributed by atoms with Gasteiger partial charge in [-0.3, -0.25) is 0 Å². The third-order valence-electron chi connectivity index (χ3n) is 3.61. The molecule has 0 fully saturated rings. The summed E-state index contributed by atoms with van der Waals surface area (Å²) >= 11 is 0. The Kier molecular flexibility index (Phi) is 6.81. The number of nitrogens with one attached hydrogen (secondary N) is 1. The molecule has 0 saturated carbocycles. The number of hydrogen-bond acceptors (Lipinski definition) is 2. The topological polar surface area (TPSA) is 21.3 Å². The zero-order valence-electron chi connectivity index (χ0n) is 12.2. The largest absolute Gasteiger partial charge is 0.497 e. The number of hydrogen-bond donors (Lipinski definition) is 1. The fourth-order valence-electron chi connectivity index (χ4n) is 2.43. The van der Waals surface area contributed by atoms with Crippen LogP contribution >= 0.6 is 0 Å². The summed E-state index contributed by atoms with van der Waals surface area (Å²) in [6, 6.07) is 8.94. The van der Waals surface area contributed by atoms with Crippen molar-refractivity contribution in [3.8, 4) is 5.75 Å². The van der Waals surface area contributed by atoms with Crippen molar-refractivity contribution in [2.45, 2.75) is 46.1 Å². The molecule has 0 amide bonds. The maximum absolute atomic E-state index is 5.22. The predicted octanol–water partition coefficient (Wildman–Crippen LogP) is 4.17. The Morgan fingerprint density at radius 2 is 1.67 bits per heavy atom. The summed E-state index contributed by atoms with van der Waals surface area (Å²) in [5.41, 5.74) is 1.37. The van der Waals surface area contributed by atoms with E-state index in [-0.39, 0.29) is 0 Å². The van der Waals surface area contributed by atoms with Crippen LogP contribution in [-0.2, 0) is 0 Å². The fraction of sp³-hybridized carbons (Fsp3) is 0.625. The van der Waals surface area contributed by atoms with Crippen LogP contribution in [0.25, 0.3) is 0 Å². The molecule has 1 aromatic rings. The van der Waals surface area contributed by atoms with Crippen molar-refractivity contribution in [3.63, 3.8) is 0 Å². The molecule has 1 rings (SSSR count). The molecule has 0 aromatic heterocycles. The summed E-state index contributed by atoms with van der Waals surface area (Å²) in [7, 11) is 1.71. The molecule has 0 radical (unpaired) electrons. The van der Waals surface area contributed by atoms with Gasteiger partial charge in [-0.25, -0.2) is 0 Å². The maximum atomic E-state index is 5.22. The number of ether oxygens (including phenoxy) is 1. The van der Waals surface area contributed by atoms with Gasteiger partial charge < -0.3 is 10.1 Å². The van der Waals surface area contributed by atoms with E-state index in [4.69, 9.17) is 4.74 Å². The van der Waals surface area contributed by atoms with Gasteiger partial charge in [-0.1, -0.05) is 45.7 Å². The molecule has 0 bridgehead atoms. The van der Waals surface area contributed by atoms with E-state index in [1.165, 1.54) is 24.8 Å². The zero-order valence-corrected chi connectivity index (χ0v) is 12.2. The second kappa shape index (κ2) is 8.15. The lowest BCUT2D eigenvalue weighted by molar-refractivity contribution is 0.341. The Morgan fingerprint density at radius 1 is 1.06 bits per heavy atom. The van der Waals surface area contributed by atoms with Gasteiger partial charge in [0.2, 0.25) is 0 Å².